The molecule has 2 fully saturated rings. The third-order valence-electron chi connectivity index (χ3n) is 5.26. The van der Waals surface area contributed by atoms with Crippen LogP contribution in [-0.2, 0) is 39.5 Å². The fraction of sp³-hybridized carbons (Fsp3) is 0.429. The number of hydrogen-bond acceptors (Lipinski definition) is 6. The van der Waals surface area contributed by atoms with Gasteiger partial charge in [-0.3, -0.25) is 9.13 Å². The van der Waals surface area contributed by atoms with Gasteiger partial charge in [0.15, 0.2) is 0 Å². The Balaban J connectivity index is 1.34. The van der Waals surface area contributed by atoms with E-state index in [4.69, 9.17) is 18.1 Å². The Morgan fingerprint density at radius 2 is 0.966 bits per heavy atom. The smallest absolute Gasteiger partial charge is 0.307 e. The van der Waals surface area contributed by atoms with Gasteiger partial charge in [-0.05, 0) is 25.0 Å². The van der Waals surface area contributed by atoms with Crippen molar-refractivity contribution in [2.45, 2.75) is 26.2 Å². The molecule has 2 aromatic rings. The Morgan fingerprint density at radius 1 is 0.655 bits per heavy atom. The van der Waals surface area contributed by atoms with Crippen LogP contribution in [0.3, 0.4) is 0 Å². The molecule has 0 radical (unpaired) electrons. The van der Waals surface area contributed by atoms with Gasteiger partial charge in [-0.2, -0.15) is 0 Å². The monoisotopic (exact) mass is 436 g/mol. The van der Waals surface area contributed by atoms with E-state index in [1.165, 1.54) is 0 Å². The fourth-order valence-electron chi connectivity index (χ4n) is 3.28. The highest BCUT2D eigenvalue weighted by Crippen LogP contribution is 2.61. The third kappa shape index (κ3) is 5.08. The van der Waals surface area contributed by atoms with E-state index >= 15 is 0 Å². The molecule has 2 aromatic carbocycles. The molecular formula is C21H26O6P2. The highest BCUT2D eigenvalue weighted by molar-refractivity contribution is 7.53. The molecule has 0 aromatic heterocycles. The summed E-state index contributed by atoms with van der Waals surface area (Å²) in [6.07, 6.45) is 0.466. The molecule has 0 N–H and O–H groups in total. The van der Waals surface area contributed by atoms with Crippen LogP contribution in [0.4, 0.5) is 0 Å². The molecule has 0 atom stereocenters. The molecule has 6 nitrogen and oxygen atoms in total. The fourth-order valence-corrected chi connectivity index (χ4v) is 6.99. The highest BCUT2D eigenvalue weighted by atomic mass is 31.2. The van der Waals surface area contributed by atoms with E-state index in [1.807, 2.05) is 62.4 Å². The average Bonchev–Trinajstić information content (AvgIpc) is 2.71. The minimum atomic E-state index is -3.22. The number of aryl methyl sites for hydroxylation is 2. The summed E-state index contributed by atoms with van der Waals surface area (Å²) in [6, 6.07) is 15.6. The molecule has 2 aliphatic rings. The van der Waals surface area contributed by atoms with Gasteiger partial charge in [-0.25, -0.2) is 0 Å². The molecular weight excluding hydrogens is 410 g/mol. The van der Waals surface area contributed by atoms with Gasteiger partial charge < -0.3 is 18.1 Å². The second-order valence-corrected chi connectivity index (χ2v) is 12.2. The molecule has 2 saturated heterocycles. The van der Waals surface area contributed by atoms with Crippen LogP contribution in [0.1, 0.15) is 22.3 Å². The lowest BCUT2D eigenvalue weighted by atomic mass is 9.93. The van der Waals surface area contributed by atoms with Crippen LogP contribution in [-0.4, -0.2) is 26.4 Å². The molecule has 1 spiro atoms. The lowest BCUT2D eigenvalue weighted by Gasteiger charge is -2.42. The molecule has 0 amide bonds. The Bertz CT molecular complexity index is 847. The van der Waals surface area contributed by atoms with Crippen LogP contribution in [0, 0.1) is 19.3 Å². The topological polar surface area (TPSA) is 71.1 Å². The number of hydrogen-bond donors (Lipinski definition) is 0. The molecule has 4 rings (SSSR count). The van der Waals surface area contributed by atoms with Crippen molar-refractivity contribution < 1.29 is 27.2 Å². The van der Waals surface area contributed by atoms with Crippen molar-refractivity contribution in [3.8, 4) is 0 Å². The minimum absolute atomic E-state index is 0.195. The first-order chi connectivity index (χ1) is 13.8. The zero-order valence-corrected chi connectivity index (χ0v) is 18.5. The molecule has 0 aliphatic carbocycles. The summed E-state index contributed by atoms with van der Waals surface area (Å²) in [6.45, 7) is 4.79. The Kier molecular flexibility index (Phi) is 5.87. The zero-order valence-electron chi connectivity index (χ0n) is 16.7. The van der Waals surface area contributed by atoms with Crippen LogP contribution in [0.25, 0.3) is 0 Å². The average molecular weight is 436 g/mol. The standard InChI is InChI=1S/C21H26O6P2/c1-17-3-7-19(8-4-17)11-28(22)24-13-21(14-25-28)15-26-29(23,27-16-21)12-20-9-5-18(2)6-10-20/h3-10H,11-16H2,1-2H3. The van der Waals surface area contributed by atoms with E-state index in [0.29, 0.717) is 0 Å². The second kappa shape index (κ2) is 8.11. The van der Waals surface area contributed by atoms with E-state index < -0.39 is 20.6 Å². The first-order valence-corrected chi connectivity index (χ1v) is 13.1. The molecule has 2 heterocycles. The van der Waals surface area contributed by atoms with Crippen LogP contribution >= 0.6 is 15.2 Å². The van der Waals surface area contributed by atoms with Crippen molar-refractivity contribution in [1.82, 2.24) is 0 Å². The van der Waals surface area contributed by atoms with E-state index in [-0.39, 0.29) is 38.8 Å². The van der Waals surface area contributed by atoms with E-state index in [0.717, 1.165) is 22.3 Å². The third-order valence-corrected chi connectivity index (χ3v) is 8.86. The van der Waals surface area contributed by atoms with Gasteiger partial charge in [-0.15, -0.1) is 0 Å². The van der Waals surface area contributed by atoms with Gasteiger partial charge in [0.2, 0.25) is 0 Å². The predicted molar refractivity (Wildman–Crippen MR) is 111 cm³/mol. The summed E-state index contributed by atoms with van der Waals surface area (Å²) >= 11 is 0. The van der Waals surface area contributed by atoms with Crippen molar-refractivity contribution in [1.29, 1.82) is 0 Å². The molecule has 0 bridgehead atoms. The van der Waals surface area contributed by atoms with Gasteiger partial charge in [0.05, 0.1) is 44.2 Å². The van der Waals surface area contributed by atoms with Crippen LogP contribution in [0.15, 0.2) is 48.5 Å². The first kappa shape index (κ1) is 21.0. The summed E-state index contributed by atoms with van der Waals surface area (Å²) in [5.74, 6) is 0. The van der Waals surface area contributed by atoms with Crippen LogP contribution in [0.2, 0.25) is 0 Å². The summed E-state index contributed by atoms with van der Waals surface area (Å²) < 4.78 is 48.6. The maximum absolute atomic E-state index is 12.9. The first-order valence-electron chi connectivity index (χ1n) is 9.65. The quantitative estimate of drug-likeness (QED) is 0.592. The highest BCUT2D eigenvalue weighted by Gasteiger charge is 2.48. The Labute approximate surface area is 171 Å². The molecule has 8 heteroatoms. The maximum atomic E-state index is 12.9. The van der Waals surface area contributed by atoms with Crippen molar-refractivity contribution in [2.75, 3.05) is 26.4 Å². The van der Waals surface area contributed by atoms with E-state index in [9.17, 15) is 9.13 Å². The van der Waals surface area contributed by atoms with Crippen molar-refractivity contribution >= 4 is 15.2 Å². The largest absolute Gasteiger partial charge is 0.335 e. The Hall–Kier alpha value is -1.26. The molecule has 2 aliphatic heterocycles. The lowest BCUT2D eigenvalue weighted by Crippen LogP contribution is -2.45. The Morgan fingerprint density at radius 3 is 1.28 bits per heavy atom. The predicted octanol–water partition coefficient (Wildman–Crippen LogP) is 5.47. The number of rotatable bonds is 4. The van der Waals surface area contributed by atoms with Gasteiger partial charge in [0.25, 0.3) is 0 Å². The summed E-state index contributed by atoms with van der Waals surface area (Å²) in [4.78, 5) is 0. The molecule has 29 heavy (non-hydrogen) atoms. The molecule has 0 saturated carbocycles. The minimum Gasteiger partial charge on any atom is -0.307 e. The van der Waals surface area contributed by atoms with Crippen LogP contribution in [0.5, 0.6) is 0 Å². The number of benzene rings is 2. The summed E-state index contributed by atoms with van der Waals surface area (Å²) in [7, 11) is -6.43. The van der Waals surface area contributed by atoms with Gasteiger partial charge >= 0.3 is 15.2 Å². The van der Waals surface area contributed by atoms with E-state index in [1.54, 1.807) is 0 Å². The SMILES string of the molecule is Cc1ccc(CP2(=O)OCC3(CO2)COP(=O)(Cc2ccc(C)cc2)OC3)cc1. The van der Waals surface area contributed by atoms with Gasteiger partial charge in [0, 0.05) is 0 Å². The van der Waals surface area contributed by atoms with Crippen molar-refractivity contribution in [3.05, 3.63) is 70.8 Å². The zero-order chi connectivity index (χ0) is 20.5. The second-order valence-electron chi connectivity index (χ2n) is 8.10. The van der Waals surface area contributed by atoms with Crippen LogP contribution < -0.4 is 0 Å². The van der Waals surface area contributed by atoms with Crippen molar-refractivity contribution in [3.63, 3.8) is 0 Å². The van der Waals surface area contributed by atoms with E-state index in [2.05, 4.69) is 0 Å². The maximum Gasteiger partial charge on any atom is 0.335 e. The van der Waals surface area contributed by atoms with Gasteiger partial charge in [-0.1, -0.05) is 59.7 Å². The van der Waals surface area contributed by atoms with Crippen molar-refractivity contribution in [2.24, 2.45) is 5.41 Å². The molecule has 156 valence electrons. The lowest BCUT2D eigenvalue weighted by molar-refractivity contribution is -0.0690. The summed E-state index contributed by atoms with van der Waals surface area (Å²) in [5.41, 5.74) is 3.52. The normalized spacial score (nSPS) is 32.3. The molecule has 0 unspecified atom stereocenters. The summed E-state index contributed by atoms with van der Waals surface area (Å²) in [5, 5.41) is 0. The van der Waals surface area contributed by atoms with Gasteiger partial charge in [0.1, 0.15) is 0 Å².